The van der Waals surface area contributed by atoms with Crippen LogP contribution in [0.1, 0.15) is 49.8 Å². The Labute approximate surface area is 191 Å². The first-order chi connectivity index (χ1) is 15.4. The molecule has 1 amide bonds. The minimum atomic E-state index is -0.756. The van der Waals surface area contributed by atoms with Crippen molar-refractivity contribution in [2.45, 2.75) is 45.1 Å². The molecule has 2 N–H and O–H groups in total. The van der Waals surface area contributed by atoms with E-state index in [1.807, 2.05) is 36.4 Å². The molecule has 0 aliphatic rings. The molecule has 0 fully saturated rings. The lowest BCUT2D eigenvalue weighted by Crippen LogP contribution is -2.16. The minimum absolute atomic E-state index is 0.209. The van der Waals surface area contributed by atoms with Gasteiger partial charge >= 0.3 is 12.1 Å². The summed E-state index contributed by atoms with van der Waals surface area (Å²) in [5.41, 5.74) is 3.56. The van der Waals surface area contributed by atoms with Gasteiger partial charge in [-0.2, -0.15) is 0 Å². The van der Waals surface area contributed by atoms with Crippen LogP contribution in [0.15, 0.2) is 59.3 Å². The van der Waals surface area contributed by atoms with Crippen LogP contribution >= 0.6 is 11.6 Å². The Kier molecular flexibility index (Phi) is 8.27. The molecule has 3 rings (SSSR count). The summed E-state index contributed by atoms with van der Waals surface area (Å²) in [6.45, 7) is 1.75. The van der Waals surface area contributed by atoms with Crippen molar-refractivity contribution in [1.82, 2.24) is 5.16 Å². The summed E-state index contributed by atoms with van der Waals surface area (Å²) in [5, 5.41) is 15.9. The lowest BCUT2D eigenvalue weighted by molar-refractivity contribution is -0.137. The molecule has 8 heteroatoms. The summed E-state index contributed by atoms with van der Waals surface area (Å²) >= 11 is 6.16. The van der Waals surface area contributed by atoms with Crippen molar-refractivity contribution in [3.8, 4) is 11.3 Å². The quantitative estimate of drug-likeness (QED) is 0.338. The number of ether oxygens (including phenoxy) is 1. The Balaban J connectivity index is 1.56. The number of carbonyl (C=O) groups excluding carboxylic acids is 1. The van der Waals surface area contributed by atoms with Crippen molar-refractivity contribution < 1.29 is 24.0 Å². The third kappa shape index (κ3) is 6.59. The number of anilines is 1. The van der Waals surface area contributed by atoms with E-state index in [9.17, 15) is 9.59 Å². The van der Waals surface area contributed by atoms with Crippen LogP contribution in [0.4, 0.5) is 10.5 Å². The average Bonchev–Trinajstić information content (AvgIpc) is 3.21. The molecule has 168 valence electrons. The van der Waals surface area contributed by atoms with E-state index in [-0.39, 0.29) is 6.42 Å². The van der Waals surface area contributed by atoms with Crippen LogP contribution in [0.3, 0.4) is 0 Å². The van der Waals surface area contributed by atoms with E-state index in [4.69, 9.17) is 26.0 Å². The number of nitrogens with one attached hydrogen (secondary N) is 1. The van der Waals surface area contributed by atoms with E-state index in [1.54, 1.807) is 19.1 Å². The molecular weight excluding hydrogens is 432 g/mol. The first-order valence-electron chi connectivity index (χ1n) is 10.4. The van der Waals surface area contributed by atoms with Crippen molar-refractivity contribution in [2.24, 2.45) is 0 Å². The fraction of sp³-hybridized carbons (Fsp3) is 0.292. The Bertz CT molecular complexity index is 1050. The highest BCUT2D eigenvalue weighted by Crippen LogP contribution is 2.29. The molecule has 0 saturated carbocycles. The number of aliphatic carboxylic acids is 1. The summed E-state index contributed by atoms with van der Waals surface area (Å²) in [6, 6.07) is 15.0. The van der Waals surface area contributed by atoms with Gasteiger partial charge in [0.05, 0.1) is 0 Å². The third-order valence-electron chi connectivity index (χ3n) is 5.02. The fourth-order valence-electron chi connectivity index (χ4n) is 3.31. The summed E-state index contributed by atoms with van der Waals surface area (Å²) in [6.07, 6.45) is 3.76. The maximum absolute atomic E-state index is 12.4. The highest BCUT2D eigenvalue weighted by atomic mass is 35.5. The molecule has 0 spiro atoms. The molecule has 1 heterocycles. The number of carboxylic acids is 1. The number of unbranched alkanes of at least 4 members (excludes halogenated alkanes) is 2. The summed E-state index contributed by atoms with van der Waals surface area (Å²) in [7, 11) is 0. The average molecular weight is 457 g/mol. The van der Waals surface area contributed by atoms with Crippen LogP contribution in [0, 0.1) is 0 Å². The second kappa shape index (κ2) is 11.3. The van der Waals surface area contributed by atoms with E-state index in [1.165, 1.54) is 6.26 Å². The van der Waals surface area contributed by atoms with Crippen molar-refractivity contribution in [3.63, 3.8) is 0 Å². The van der Waals surface area contributed by atoms with E-state index in [0.29, 0.717) is 28.4 Å². The van der Waals surface area contributed by atoms with E-state index in [2.05, 4.69) is 10.5 Å². The number of aryl methyl sites for hydroxylation is 1. The van der Waals surface area contributed by atoms with Crippen molar-refractivity contribution in [2.75, 3.05) is 5.32 Å². The molecule has 1 unspecified atom stereocenters. The Morgan fingerprint density at radius 3 is 2.59 bits per heavy atom. The Morgan fingerprint density at radius 2 is 1.88 bits per heavy atom. The molecule has 1 aromatic heterocycles. The molecular formula is C24H25ClN2O5. The van der Waals surface area contributed by atoms with E-state index >= 15 is 0 Å². The molecule has 3 aromatic rings. The van der Waals surface area contributed by atoms with Crippen LogP contribution in [-0.4, -0.2) is 22.3 Å². The standard InChI is InChI=1S/C24H25ClN2O5/c1-16(19-8-5-6-9-20(19)25)32-24(30)26-21-15-31-27-23(21)18-13-11-17(12-14-18)7-3-2-4-10-22(28)29/h5-6,8-9,11-16H,2-4,7,10H2,1H3,(H,26,30)(H,28,29). The normalized spacial score (nSPS) is 11.7. The van der Waals surface area contributed by atoms with E-state index < -0.39 is 18.2 Å². The predicted octanol–water partition coefficient (Wildman–Crippen LogP) is 6.49. The van der Waals surface area contributed by atoms with Gasteiger partial charge in [-0.05, 0) is 37.8 Å². The minimum Gasteiger partial charge on any atom is -0.481 e. The van der Waals surface area contributed by atoms with Crippen molar-refractivity contribution in [1.29, 1.82) is 0 Å². The maximum Gasteiger partial charge on any atom is 0.412 e. The number of hydrogen-bond acceptors (Lipinski definition) is 5. The topological polar surface area (TPSA) is 102 Å². The van der Waals surface area contributed by atoms with Crippen LogP contribution in [0.25, 0.3) is 11.3 Å². The predicted molar refractivity (Wildman–Crippen MR) is 122 cm³/mol. The number of carbonyl (C=O) groups is 2. The molecule has 0 saturated heterocycles. The molecule has 0 bridgehead atoms. The Morgan fingerprint density at radius 1 is 1.12 bits per heavy atom. The van der Waals surface area contributed by atoms with Gasteiger partial charge in [0.25, 0.3) is 0 Å². The van der Waals surface area contributed by atoms with Crippen LogP contribution < -0.4 is 5.32 Å². The summed E-state index contributed by atoms with van der Waals surface area (Å²) < 4.78 is 10.5. The second-order valence-corrected chi connectivity index (χ2v) is 7.83. The van der Waals surface area contributed by atoms with Gasteiger partial charge in [0.1, 0.15) is 23.7 Å². The lowest BCUT2D eigenvalue weighted by atomic mass is 10.0. The first kappa shape index (κ1) is 23.3. The molecule has 0 aliphatic heterocycles. The maximum atomic E-state index is 12.4. The monoisotopic (exact) mass is 456 g/mol. The number of rotatable bonds is 10. The third-order valence-corrected chi connectivity index (χ3v) is 5.36. The number of aromatic nitrogens is 1. The lowest BCUT2D eigenvalue weighted by Gasteiger charge is -2.15. The Hall–Kier alpha value is -3.32. The smallest absolute Gasteiger partial charge is 0.412 e. The van der Waals surface area contributed by atoms with Gasteiger partial charge in [-0.25, -0.2) is 4.79 Å². The molecule has 2 aromatic carbocycles. The molecule has 7 nitrogen and oxygen atoms in total. The van der Waals surface area contributed by atoms with Gasteiger partial charge in [0.15, 0.2) is 0 Å². The van der Waals surface area contributed by atoms with Gasteiger partial charge in [0.2, 0.25) is 0 Å². The van der Waals surface area contributed by atoms with Gasteiger partial charge in [-0.15, -0.1) is 0 Å². The van der Waals surface area contributed by atoms with Gasteiger partial charge < -0.3 is 14.4 Å². The number of nitrogens with zero attached hydrogens (tertiary/aromatic N) is 1. The van der Waals surface area contributed by atoms with Gasteiger partial charge in [0, 0.05) is 22.6 Å². The van der Waals surface area contributed by atoms with Gasteiger partial charge in [-0.1, -0.05) is 65.6 Å². The highest BCUT2D eigenvalue weighted by Gasteiger charge is 2.18. The van der Waals surface area contributed by atoms with Gasteiger partial charge in [-0.3, -0.25) is 10.1 Å². The number of hydrogen-bond donors (Lipinski definition) is 2. The number of carboxylic acid groups (broad SMARTS) is 1. The number of halogens is 1. The van der Waals surface area contributed by atoms with E-state index in [0.717, 1.165) is 30.4 Å². The fourth-order valence-corrected chi connectivity index (χ4v) is 3.60. The zero-order valence-electron chi connectivity index (χ0n) is 17.7. The summed E-state index contributed by atoms with van der Waals surface area (Å²) in [5.74, 6) is -0.756. The molecule has 32 heavy (non-hydrogen) atoms. The van der Waals surface area contributed by atoms with Crippen LogP contribution in [-0.2, 0) is 16.0 Å². The first-order valence-corrected chi connectivity index (χ1v) is 10.8. The second-order valence-electron chi connectivity index (χ2n) is 7.42. The largest absolute Gasteiger partial charge is 0.481 e. The number of amides is 1. The summed E-state index contributed by atoms with van der Waals surface area (Å²) in [4.78, 5) is 22.9. The zero-order chi connectivity index (χ0) is 22.9. The SMILES string of the molecule is CC(OC(=O)Nc1conc1-c1ccc(CCCCCC(=O)O)cc1)c1ccccc1Cl. The zero-order valence-corrected chi connectivity index (χ0v) is 18.5. The van der Waals surface area contributed by atoms with Crippen molar-refractivity contribution in [3.05, 3.63) is 70.9 Å². The molecule has 1 atom stereocenters. The van der Waals surface area contributed by atoms with Crippen LogP contribution in [0.5, 0.6) is 0 Å². The molecule has 0 aliphatic carbocycles. The molecule has 0 radical (unpaired) electrons. The number of benzene rings is 2. The van der Waals surface area contributed by atoms with Crippen LogP contribution in [0.2, 0.25) is 5.02 Å². The van der Waals surface area contributed by atoms with Crippen molar-refractivity contribution >= 4 is 29.4 Å². The highest BCUT2D eigenvalue weighted by molar-refractivity contribution is 6.31.